The summed E-state index contributed by atoms with van der Waals surface area (Å²) in [6.07, 6.45) is 0. The summed E-state index contributed by atoms with van der Waals surface area (Å²) in [6.45, 7) is 11.7. The van der Waals surface area contributed by atoms with E-state index in [9.17, 15) is 0 Å². The van der Waals surface area contributed by atoms with Crippen molar-refractivity contribution in [2.75, 3.05) is 26.6 Å². The van der Waals surface area contributed by atoms with Gasteiger partial charge in [-0.05, 0) is 44.0 Å². The summed E-state index contributed by atoms with van der Waals surface area (Å²) in [4.78, 5) is 0. The van der Waals surface area contributed by atoms with Gasteiger partial charge >= 0.3 is 0 Å². The van der Waals surface area contributed by atoms with Crippen LogP contribution >= 0.6 is 0 Å². The number of rotatable bonds is 10. The molecule has 1 aromatic carbocycles. The highest BCUT2D eigenvalue weighted by molar-refractivity contribution is 5.43. The Morgan fingerprint density at radius 3 is 2.50 bits per heavy atom. The van der Waals surface area contributed by atoms with Gasteiger partial charge in [0.25, 0.3) is 0 Å². The topological polar surface area (TPSA) is 39.7 Å². The normalized spacial score (nSPS) is 10.8. The third-order valence-corrected chi connectivity index (χ3v) is 2.69. The predicted octanol–water partition coefficient (Wildman–Crippen LogP) is 3.20. The van der Waals surface area contributed by atoms with Crippen molar-refractivity contribution < 1.29 is 14.2 Å². The maximum atomic E-state index is 5.63. The number of nitrogens with one attached hydrogen (secondary N) is 1. The zero-order valence-electron chi connectivity index (χ0n) is 13.1. The molecule has 0 unspecified atom stereocenters. The van der Waals surface area contributed by atoms with Gasteiger partial charge in [-0.1, -0.05) is 19.9 Å². The third kappa shape index (κ3) is 6.26. The molecule has 0 fully saturated rings. The van der Waals surface area contributed by atoms with Crippen LogP contribution < -0.4 is 14.8 Å². The maximum absolute atomic E-state index is 5.63. The minimum absolute atomic E-state index is 0.252. The molecule has 0 aliphatic heterocycles. The lowest BCUT2D eigenvalue weighted by atomic mass is 10.2. The van der Waals surface area contributed by atoms with Crippen molar-refractivity contribution >= 4 is 0 Å². The monoisotopic (exact) mass is 281 g/mol. The van der Waals surface area contributed by atoms with Gasteiger partial charge in [0, 0.05) is 13.2 Å². The van der Waals surface area contributed by atoms with Crippen LogP contribution in [0, 0.1) is 5.92 Å². The van der Waals surface area contributed by atoms with Crippen molar-refractivity contribution in [2.24, 2.45) is 5.92 Å². The average Bonchev–Trinajstić information content (AvgIpc) is 2.41. The molecule has 114 valence electrons. The summed E-state index contributed by atoms with van der Waals surface area (Å²) < 4.78 is 16.4. The largest absolute Gasteiger partial charge is 0.490 e. The standard InChI is InChI=1S/C16H27NO3/c1-5-18-12-20-15-8-7-14(9-16(15)19-6-2)11-17-10-13(3)4/h7-9,13,17H,5-6,10-12H2,1-4H3. The summed E-state index contributed by atoms with van der Waals surface area (Å²) in [5.74, 6) is 2.15. The molecule has 0 aliphatic carbocycles. The van der Waals surface area contributed by atoms with E-state index in [0.717, 1.165) is 24.6 Å². The number of hydrogen-bond donors (Lipinski definition) is 1. The number of benzene rings is 1. The summed E-state index contributed by atoms with van der Waals surface area (Å²) in [7, 11) is 0. The van der Waals surface area contributed by atoms with E-state index in [1.54, 1.807) is 0 Å². The maximum Gasteiger partial charge on any atom is 0.189 e. The van der Waals surface area contributed by atoms with Crippen LogP contribution in [-0.4, -0.2) is 26.6 Å². The third-order valence-electron chi connectivity index (χ3n) is 2.69. The molecule has 4 heteroatoms. The summed E-state index contributed by atoms with van der Waals surface area (Å²) in [5, 5.41) is 3.42. The zero-order valence-corrected chi connectivity index (χ0v) is 13.1. The van der Waals surface area contributed by atoms with Gasteiger partial charge in [0.2, 0.25) is 0 Å². The molecular weight excluding hydrogens is 254 g/mol. The van der Waals surface area contributed by atoms with Gasteiger partial charge in [-0.3, -0.25) is 0 Å². The summed E-state index contributed by atoms with van der Waals surface area (Å²) in [6, 6.07) is 6.02. The minimum Gasteiger partial charge on any atom is -0.490 e. The van der Waals surface area contributed by atoms with Crippen molar-refractivity contribution in [1.29, 1.82) is 0 Å². The second kappa shape index (κ2) is 9.61. The minimum atomic E-state index is 0.252. The van der Waals surface area contributed by atoms with Crippen molar-refractivity contribution in [1.82, 2.24) is 5.32 Å². The lowest BCUT2D eigenvalue weighted by Crippen LogP contribution is -2.19. The Morgan fingerprint density at radius 2 is 1.85 bits per heavy atom. The molecule has 0 saturated heterocycles. The summed E-state index contributed by atoms with van der Waals surface area (Å²) in [5.41, 5.74) is 1.19. The molecule has 1 aromatic rings. The Labute approximate surface area is 122 Å². The first-order valence-electron chi connectivity index (χ1n) is 7.34. The van der Waals surface area contributed by atoms with Crippen LogP contribution in [0.4, 0.5) is 0 Å². The van der Waals surface area contributed by atoms with E-state index in [2.05, 4.69) is 25.2 Å². The fraction of sp³-hybridized carbons (Fsp3) is 0.625. The molecule has 1 N–H and O–H groups in total. The summed E-state index contributed by atoms with van der Waals surface area (Å²) >= 11 is 0. The quantitative estimate of drug-likeness (QED) is 0.528. The SMILES string of the molecule is CCOCOc1ccc(CNCC(C)C)cc1OCC. The molecule has 0 saturated carbocycles. The highest BCUT2D eigenvalue weighted by Gasteiger charge is 2.06. The van der Waals surface area contributed by atoms with E-state index in [-0.39, 0.29) is 6.79 Å². The first kappa shape index (κ1) is 16.8. The van der Waals surface area contributed by atoms with Crippen LogP contribution in [0.1, 0.15) is 33.3 Å². The molecule has 4 nitrogen and oxygen atoms in total. The van der Waals surface area contributed by atoms with Crippen LogP contribution in [0.15, 0.2) is 18.2 Å². The van der Waals surface area contributed by atoms with Crippen molar-refractivity contribution in [2.45, 2.75) is 34.2 Å². The van der Waals surface area contributed by atoms with Crippen LogP contribution in [0.3, 0.4) is 0 Å². The highest BCUT2D eigenvalue weighted by atomic mass is 16.7. The molecule has 1 rings (SSSR count). The van der Waals surface area contributed by atoms with Gasteiger partial charge in [-0.15, -0.1) is 0 Å². The van der Waals surface area contributed by atoms with Gasteiger partial charge < -0.3 is 19.5 Å². The first-order valence-corrected chi connectivity index (χ1v) is 7.34. The number of ether oxygens (including phenoxy) is 3. The molecule has 0 spiro atoms. The van der Waals surface area contributed by atoms with Crippen molar-refractivity contribution in [3.05, 3.63) is 23.8 Å². The van der Waals surface area contributed by atoms with Crippen LogP contribution in [-0.2, 0) is 11.3 Å². The average molecular weight is 281 g/mol. The van der Waals surface area contributed by atoms with Crippen LogP contribution in [0.25, 0.3) is 0 Å². The van der Waals surface area contributed by atoms with E-state index >= 15 is 0 Å². The second-order valence-electron chi connectivity index (χ2n) is 4.99. The van der Waals surface area contributed by atoms with E-state index in [0.29, 0.717) is 19.1 Å². The Hall–Kier alpha value is -1.26. The van der Waals surface area contributed by atoms with E-state index in [1.807, 2.05) is 26.0 Å². The predicted molar refractivity (Wildman–Crippen MR) is 81.3 cm³/mol. The molecule has 0 amide bonds. The Kier molecular flexibility index (Phi) is 8.07. The van der Waals surface area contributed by atoms with Gasteiger partial charge in [-0.25, -0.2) is 0 Å². The fourth-order valence-corrected chi connectivity index (χ4v) is 1.74. The Balaban J connectivity index is 2.62. The Morgan fingerprint density at radius 1 is 1.05 bits per heavy atom. The molecule has 0 aromatic heterocycles. The number of hydrogen-bond acceptors (Lipinski definition) is 4. The lowest BCUT2D eigenvalue weighted by Gasteiger charge is -2.14. The van der Waals surface area contributed by atoms with Gasteiger partial charge in [0.1, 0.15) is 0 Å². The van der Waals surface area contributed by atoms with Gasteiger partial charge in [0.05, 0.1) is 6.61 Å². The van der Waals surface area contributed by atoms with Crippen molar-refractivity contribution in [3.8, 4) is 11.5 Å². The van der Waals surface area contributed by atoms with E-state index in [1.165, 1.54) is 5.56 Å². The zero-order chi connectivity index (χ0) is 14.8. The molecule has 20 heavy (non-hydrogen) atoms. The van der Waals surface area contributed by atoms with Crippen molar-refractivity contribution in [3.63, 3.8) is 0 Å². The molecule has 0 aliphatic rings. The fourth-order valence-electron chi connectivity index (χ4n) is 1.74. The lowest BCUT2D eigenvalue weighted by molar-refractivity contribution is 0.0206. The van der Waals surface area contributed by atoms with Crippen LogP contribution in [0.2, 0.25) is 0 Å². The van der Waals surface area contributed by atoms with Gasteiger partial charge in [-0.2, -0.15) is 0 Å². The van der Waals surface area contributed by atoms with E-state index < -0.39 is 0 Å². The highest BCUT2D eigenvalue weighted by Crippen LogP contribution is 2.28. The first-order chi connectivity index (χ1) is 9.67. The van der Waals surface area contributed by atoms with E-state index in [4.69, 9.17) is 14.2 Å². The van der Waals surface area contributed by atoms with Crippen LogP contribution in [0.5, 0.6) is 11.5 Å². The molecule has 0 bridgehead atoms. The molecule has 0 atom stereocenters. The molecule has 0 heterocycles. The second-order valence-corrected chi connectivity index (χ2v) is 4.99. The van der Waals surface area contributed by atoms with Gasteiger partial charge in [0.15, 0.2) is 18.3 Å². The molecule has 0 radical (unpaired) electrons. The smallest absolute Gasteiger partial charge is 0.189 e. The molecular formula is C16H27NO3. The Bertz CT molecular complexity index is 380.